The summed E-state index contributed by atoms with van der Waals surface area (Å²) in [5, 5.41) is 17.5. The van der Waals surface area contributed by atoms with Gasteiger partial charge in [0.25, 0.3) is 11.5 Å². The van der Waals surface area contributed by atoms with E-state index in [1.54, 1.807) is 29.2 Å². The number of amides is 2. The van der Waals surface area contributed by atoms with Crippen LogP contribution >= 0.6 is 15.9 Å². The molecule has 12 heteroatoms. The predicted octanol–water partition coefficient (Wildman–Crippen LogP) is 7.26. The van der Waals surface area contributed by atoms with E-state index in [1.165, 1.54) is 9.87 Å². The van der Waals surface area contributed by atoms with E-state index >= 15 is 4.79 Å². The van der Waals surface area contributed by atoms with Gasteiger partial charge in [0.15, 0.2) is 5.60 Å². The molecule has 1 saturated heterocycles. The fourth-order valence-corrected chi connectivity index (χ4v) is 14.6. The summed E-state index contributed by atoms with van der Waals surface area (Å²) < 4.78 is 15.1. The molecule has 1 N–H and O–H groups in total. The highest BCUT2D eigenvalue weighted by molar-refractivity contribution is 9.10. The van der Waals surface area contributed by atoms with Crippen molar-refractivity contribution in [3.63, 3.8) is 0 Å². The number of aromatic nitrogens is 2. The van der Waals surface area contributed by atoms with Gasteiger partial charge in [0.2, 0.25) is 5.91 Å². The van der Waals surface area contributed by atoms with Gasteiger partial charge in [0.05, 0.1) is 69.9 Å². The van der Waals surface area contributed by atoms with Crippen LogP contribution in [0.25, 0.3) is 16.5 Å². The molecule has 4 heterocycles. The summed E-state index contributed by atoms with van der Waals surface area (Å²) in [5.74, 6) is 0.142. The molecule has 306 valence electrons. The van der Waals surface area contributed by atoms with Gasteiger partial charge in [-0.2, -0.15) is 9.78 Å². The lowest BCUT2D eigenvalue weighted by Gasteiger charge is -2.39. The Labute approximate surface area is 358 Å². The third kappa shape index (κ3) is 6.61. The summed E-state index contributed by atoms with van der Waals surface area (Å²) in [7, 11) is -0.903. The van der Waals surface area contributed by atoms with Crippen LogP contribution in [0.4, 0.5) is 5.69 Å². The van der Waals surface area contributed by atoms with E-state index in [0.717, 1.165) is 43.5 Å². The number of aliphatic hydroxyl groups is 1. The number of anilines is 1. The molecular weight excluding hydrogens is 837 g/mol. The van der Waals surface area contributed by atoms with Crippen LogP contribution < -0.4 is 20.4 Å². The number of fused-ring (bicyclic) bond motifs is 4. The van der Waals surface area contributed by atoms with Crippen LogP contribution in [0.1, 0.15) is 35.6 Å². The Bertz CT molecular complexity index is 2700. The number of methoxy groups -OCH3 is 1. The van der Waals surface area contributed by atoms with Crippen LogP contribution in [0.15, 0.2) is 131 Å². The molecule has 1 fully saturated rings. The monoisotopic (exact) mass is 882 g/mol. The fourth-order valence-electron chi connectivity index (χ4n) is 10.2. The van der Waals surface area contributed by atoms with Gasteiger partial charge in [0, 0.05) is 27.9 Å². The number of hydrogen-bond donors (Lipinski definition) is 1. The van der Waals surface area contributed by atoms with Crippen molar-refractivity contribution in [1.82, 2.24) is 14.7 Å². The van der Waals surface area contributed by atoms with E-state index in [1.807, 2.05) is 91.0 Å². The van der Waals surface area contributed by atoms with Gasteiger partial charge in [-0.05, 0) is 77.2 Å². The van der Waals surface area contributed by atoms with Crippen molar-refractivity contribution < 1.29 is 24.2 Å². The second-order valence-electron chi connectivity index (χ2n) is 16.9. The molecule has 6 aromatic rings. The number of benzene rings is 5. The Hall–Kier alpha value is -5.40. The number of nitrogens with zero attached hydrogens (tertiary/aromatic N) is 4. The van der Waals surface area contributed by atoms with E-state index in [2.05, 4.69) is 59.2 Å². The first-order valence-electron chi connectivity index (χ1n) is 20.4. The van der Waals surface area contributed by atoms with Gasteiger partial charge in [-0.15, -0.1) is 0 Å². The van der Waals surface area contributed by atoms with E-state index < -0.39 is 19.8 Å². The summed E-state index contributed by atoms with van der Waals surface area (Å²) in [4.78, 5) is 47.3. The normalized spacial score (nSPS) is 22.3. The first kappa shape index (κ1) is 40.0. The van der Waals surface area contributed by atoms with Crippen LogP contribution in [0.5, 0.6) is 5.75 Å². The molecule has 0 saturated carbocycles. The molecule has 0 bridgehead atoms. The van der Waals surface area contributed by atoms with Crippen molar-refractivity contribution in [3.8, 4) is 11.4 Å². The molecule has 9 rings (SSSR count). The fraction of sp³-hybridized carbons (Fsp3) is 0.292. The van der Waals surface area contributed by atoms with Gasteiger partial charge in [-0.3, -0.25) is 14.4 Å². The molecule has 0 aliphatic carbocycles. The summed E-state index contributed by atoms with van der Waals surface area (Å²) in [5.41, 5.74) is 3.36. The Morgan fingerprint density at radius 1 is 0.950 bits per heavy atom. The highest BCUT2D eigenvalue weighted by Crippen LogP contribution is 2.60. The number of hydrogen-bond acceptors (Lipinski definition) is 7. The summed E-state index contributed by atoms with van der Waals surface area (Å²) in [6.45, 7) is 7.20. The van der Waals surface area contributed by atoms with Gasteiger partial charge in [0.1, 0.15) is 5.75 Å². The van der Waals surface area contributed by atoms with Crippen molar-refractivity contribution in [2.75, 3.05) is 18.6 Å². The van der Waals surface area contributed by atoms with Crippen LogP contribution in [0.3, 0.4) is 0 Å². The first-order valence-corrected chi connectivity index (χ1v) is 24.3. The number of carbonyl (C=O) groups excluding carboxylic acids is 2. The quantitative estimate of drug-likeness (QED) is 0.152. The zero-order valence-corrected chi connectivity index (χ0v) is 36.6. The summed E-state index contributed by atoms with van der Waals surface area (Å²) >= 11 is 3.71. The molecule has 3 aliphatic rings. The van der Waals surface area contributed by atoms with E-state index in [9.17, 15) is 14.7 Å². The molecule has 10 nitrogen and oxygen atoms in total. The predicted molar refractivity (Wildman–Crippen MR) is 238 cm³/mol. The minimum absolute atomic E-state index is 0.0637. The van der Waals surface area contributed by atoms with Crippen molar-refractivity contribution in [2.24, 2.45) is 5.92 Å². The summed E-state index contributed by atoms with van der Waals surface area (Å²) in [6.07, 6.45) is 1.72. The molecular formula is C48H47BrN4O6Si. The lowest BCUT2D eigenvalue weighted by Crippen LogP contribution is -2.52. The SMILES string of the molecule is COc1ccc([Si](C)(C)[C@H]2[C@H](CC(=O)N3Cc4ccccc4C[C@H]3CO)O[C@@]3(C(=O)N(Cc4cccc(-n5ncc6ccccc6c5=O)c4)c4ccc(Br)cc43)[C@@H]2C)cc1. The molecule has 3 aliphatic heterocycles. The van der Waals surface area contributed by atoms with Crippen molar-refractivity contribution >= 4 is 57.5 Å². The lowest BCUT2D eigenvalue weighted by molar-refractivity contribution is -0.151. The zero-order valence-electron chi connectivity index (χ0n) is 34.0. The minimum Gasteiger partial charge on any atom is -0.497 e. The molecule has 2 amide bonds. The van der Waals surface area contributed by atoms with E-state index in [-0.39, 0.29) is 54.4 Å². The third-order valence-electron chi connectivity index (χ3n) is 13.3. The van der Waals surface area contributed by atoms with Crippen LogP contribution in [-0.2, 0) is 39.4 Å². The lowest BCUT2D eigenvalue weighted by atomic mass is 9.82. The van der Waals surface area contributed by atoms with Gasteiger partial charge < -0.3 is 24.4 Å². The number of aliphatic hydroxyl groups excluding tert-OH is 1. The van der Waals surface area contributed by atoms with E-state index in [0.29, 0.717) is 24.0 Å². The maximum absolute atomic E-state index is 15.5. The zero-order chi connectivity index (χ0) is 41.9. The number of halogens is 1. The highest BCUT2D eigenvalue weighted by Gasteiger charge is 2.66. The molecule has 0 radical (unpaired) electrons. The topological polar surface area (TPSA) is 114 Å². The molecule has 0 unspecified atom stereocenters. The van der Waals surface area contributed by atoms with Gasteiger partial charge in [-0.25, -0.2) is 0 Å². The van der Waals surface area contributed by atoms with Crippen LogP contribution in [0, 0.1) is 5.92 Å². The maximum Gasteiger partial charge on any atom is 0.279 e. The van der Waals surface area contributed by atoms with Crippen molar-refractivity contribution in [3.05, 3.63) is 159 Å². The van der Waals surface area contributed by atoms with Crippen molar-refractivity contribution in [1.29, 1.82) is 0 Å². The minimum atomic E-state index is -2.55. The van der Waals surface area contributed by atoms with E-state index in [4.69, 9.17) is 9.47 Å². The summed E-state index contributed by atoms with van der Waals surface area (Å²) in [6, 6.07) is 36.7. The van der Waals surface area contributed by atoms with Crippen molar-refractivity contribution in [2.45, 2.75) is 69.2 Å². The maximum atomic E-state index is 15.5. The highest BCUT2D eigenvalue weighted by atomic mass is 79.9. The van der Waals surface area contributed by atoms with Gasteiger partial charge in [-0.1, -0.05) is 108 Å². The second-order valence-corrected chi connectivity index (χ2v) is 22.5. The average molecular weight is 884 g/mol. The Morgan fingerprint density at radius 3 is 2.47 bits per heavy atom. The van der Waals surface area contributed by atoms with Crippen LogP contribution in [-0.4, -0.2) is 65.5 Å². The Morgan fingerprint density at radius 2 is 1.70 bits per heavy atom. The largest absolute Gasteiger partial charge is 0.497 e. The molecule has 60 heavy (non-hydrogen) atoms. The number of carbonyl (C=O) groups is 2. The second kappa shape index (κ2) is 15.6. The Balaban J connectivity index is 1.10. The molecule has 1 aromatic heterocycles. The number of ether oxygens (including phenoxy) is 2. The Kier molecular flexibility index (Phi) is 10.4. The standard InChI is InChI=1S/C48H47BrN4O6Si/c1-30-45(60(3,4)39-19-17-38(58-2)18-20-39)43(25-44(55)51-28-34-13-6-5-11-32(34)23-37(51)29-54)59-48(30)41-24-35(49)16-21-42(41)52(47(48)57)27-31-10-9-14-36(22-31)53-46(56)40-15-8-7-12-33(40)26-50-53/h5-22,24,26,30,37,43,45,54H,23,25,27-29H2,1-4H3/t30-,37+,43+,45-,48+/m1/s1. The number of rotatable bonds is 9. The van der Waals surface area contributed by atoms with Crippen LogP contribution in [0.2, 0.25) is 18.6 Å². The first-order chi connectivity index (χ1) is 28.9. The molecule has 5 aromatic carbocycles. The molecule has 5 atom stereocenters. The molecule has 1 spiro atoms. The van der Waals surface area contributed by atoms with Gasteiger partial charge >= 0.3 is 0 Å². The smallest absolute Gasteiger partial charge is 0.279 e. The average Bonchev–Trinajstić information content (AvgIpc) is 3.68. The third-order valence-corrected chi connectivity index (χ3v) is 18.1.